The van der Waals surface area contributed by atoms with Crippen LogP contribution in [0.25, 0.3) is 0 Å². The van der Waals surface area contributed by atoms with Crippen molar-refractivity contribution < 1.29 is 9.63 Å². The van der Waals surface area contributed by atoms with Gasteiger partial charge in [-0.25, -0.2) is 15.0 Å². The van der Waals surface area contributed by atoms with Gasteiger partial charge in [0, 0.05) is 12.4 Å². The SMILES string of the molecule is NC(=O)c1nccnc1N1C=CON1. The maximum absolute atomic E-state index is 11.0. The van der Waals surface area contributed by atoms with Crippen LogP contribution in [0.4, 0.5) is 5.82 Å². The van der Waals surface area contributed by atoms with E-state index in [1.54, 1.807) is 6.20 Å². The molecule has 7 nitrogen and oxygen atoms in total. The summed E-state index contributed by atoms with van der Waals surface area (Å²) >= 11 is 0. The second-order valence-electron chi connectivity index (χ2n) is 2.46. The van der Waals surface area contributed by atoms with Gasteiger partial charge in [-0.05, 0) is 0 Å². The van der Waals surface area contributed by atoms with Crippen LogP contribution in [0.3, 0.4) is 0 Å². The van der Waals surface area contributed by atoms with Gasteiger partial charge in [-0.3, -0.25) is 4.79 Å². The number of rotatable bonds is 2. The lowest BCUT2D eigenvalue weighted by Gasteiger charge is -2.13. The molecule has 1 amide bonds. The normalized spacial score (nSPS) is 14.1. The molecule has 72 valence electrons. The number of carbonyl (C=O) groups is 1. The Balaban J connectivity index is 2.40. The molecule has 0 saturated heterocycles. The van der Waals surface area contributed by atoms with Gasteiger partial charge in [-0.1, -0.05) is 5.59 Å². The number of nitrogens with one attached hydrogen (secondary N) is 1. The van der Waals surface area contributed by atoms with Crippen LogP contribution in [0.2, 0.25) is 0 Å². The number of hydrazine groups is 1. The summed E-state index contributed by atoms with van der Waals surface area (Å²) in [6, 6.07) is 0. The Hall–Kier alpha value is -2.15. The zero-order valence-electron chi connectivity index (χ0n) is 7.04. The summed E-state index contributed by atoms with van der Waals surface area (Å²) in [6.45, 7) is 0. The van der Waals surface area contributed by atoms with Crippen LogP contribution < -0.4 is 16.3 Å². The Bertz CT molecular complexity index is 391. The highest BCUT2D eigenvalue weighted by Crippen LogP contribution is 2.14. The van der Waals surface area contributed by atoms with Crippen molar-refractivity contribution in [2.75, 3.05) is 5.01 Å². The monoisotopic (exact) mass is 193 g/mol. The van der Waals surface area contributed by atoms with Gasteiger partial charge in [0.15, 0.2) is 11.5 Å². The third-order valence-electron chi connectivity index (χ3n) is 1.57. The summed E-state index contributed by atoms with van der Waals surface area (Å²) in [6.07, 6.45) is 5.80. The molecule has 14 heavy (non-hydrogen) atoms. The molecule has 0 fully saturated rings. The van der Waals surface area contributed by atoms with Gasteiger partial charge in [-0.2, -0.15) is 0 Å². The molecule has 0 spiro atoms. The molecule has 0 aromatic carbocycles. The molecule has 1 aromatic rings. The second-order valence-corrected chi connectivity index (χ2v) is 2.46. The second kappa shape index (κ2) is 3.30. The van der Waals surface area contributed by atoms with Crippen molar-refractivity contribution in [3.8, 4) is 0 Å². The summed E-state index contributed by atoms with van der Waals surface area (Å²) < 4.78 is 0. The third-order valence-corrected chi connectivity index (χ3v) is 1.57. The number of aromatic nitrogens is 2. The zero-order valence-corrected chi connectivity index (χ0v) is 7.04. The van der Waals surface area contributed by atoms with E-state index in [0.717, 1.165) is 0 Å². The first-order valence-electron chi connectivity index (χ1n) is 3.77. The molecule has 0 atom stereocenters. The third kappa shape index (κ3) is 1.36. The molecule has 0 aliphatic carbocycles. The van der Waals surface area contributed by atoms with Crippen molar-refractivity contribution in [2.45, 2.75) is 0 Å². The Labute approximate surface area is 79.1 Å². The summed E-state index contributed by atoms with van der Waals surface area (Å²) in [4.78, 5) is 23.5. The number of nitrogens with zero attached hydrogens (tertiary/aromatic N) is 3. The lowest BCUT2D eigenvalue weighted by molar-refractivity contribution is 0.0994. The Morgan fingerprint density at radius 3 is 2.93 bits per heavy atom. The fraction of sp³-hybridized carbons (Fsp3) is 0. The molecule has 0 radical (unpaired) electrons. The van der Waals surface area contributed by atoms with E-state index < -0.39 is 5.91 Å². The fourth-order valence-electron chi connectivity index (χ4n) is 1.00. The van der Waals surface area contributed by atoms with E-state index in [9.17, 15) is 4.79 Å². The van der Waals surface area contributed by atoms with Crippen LogP contribution in [0.15, 0.2) is 24.9 Å². The van der Waals surface area contributed by atoms with E-state index in [4.69, 9.17) is 10.6 Å². The van der Waals surface area contributed by atoms with E-state index in [1.807, 2.05) is 0 Å². The number of nitrogens with two attached hydrogens (primary N) is 1. The van der Waals surface area contributed by atoms with Crippen molar-refractivity contribution in [3.63, 3.8) is 0 Å². The predicted octanol–water partition coefficient (Wildman–Crippen LogP) is -0.697. The summed E-state index contributed by atoms with van der Waals surface area (Å²) in [7, 11) is 0. The fourth-order valence-corrected chi connectivity index (χ4v) is 1.00. The average Bonchev–Trinajstić information content (AvgIpc) is 2.70. The molecule has 2 rings (SSSR count). The van der Waals surface area contributed by atoms with Crippen molar-refractivity contribution >= 4 is 11.7 Å². The number of anilines is 1. The first-order chi connectivity index (χ1) is 6.79. The minimum Gasteiger partial charge on any atom is -0.395 e. The highest BCUT2D eigenvalue weighted by molar-refractivity contribution is 5.95. The van der Waals surface area contributed by atoms with Gasteiger partial charge in [0.25, 0.3) is 5.91 Å². The standard InChI is InChI=1S/C7H7N5O2/c8-6(13)5-7(10-2-1-9-5)12-3-4-14-11-12/h1-4,11H,(H2,8,13). The van der Waals surface area contributed by atoms with Gasteiger partial charge in [0.05, 0.1) is 6.20 Å². The first kappa shape index (κ1) is 8.45. The largest absolute Gasteiger partial charge is 0.395 e. The average molecular weight is 193 g/mol. The van der Waals surface area contributed by atoms with E-state index in [-0.39, 0.29) is 5.69 Å². The van der Waals surface area contributed by atoms with Gasteiger partial charge in [-0.15, -0.1) is 0 Å². The number of carbonyl (C=O) groups excluding carboxylic acids is 1. The van der Waals surface area contributed by atoms with Crippen LogP contribution in [0.1, 0.15) is 10.5 Å². The van der Waals surface area contributed by atoms with Crippen molar-refractivity contribution in [1.82, 2.24) is 15.6 Å². The van der Waals surface area contributed by atoms with Crippen LogP contribution in [-0.2, 0) is 4.84 Å². The number of hydrogen-bond acceptors (Lipinski definition) is 6. The van der Waals surface area contributed by atoms with Gasteiger partial charge < -0.3 is 10.6 Å². The summed E-state index contributed by atoms with van der Waals surface area (Å²) in [5.41, 5.74) is 7.68. The molecule has 0 saturated carbocycles. The first-order valence-corrected chi connectivity index (χ1v) is 3.77. The molecule has 0 unspecified atom stereocenters. The van der Waals surface area contributed by atoms with Gasteiger partial charge in [0.2, 0.25) is 0 Å². The topological polar surface area (TPSA) is 93.4 Å². The molecule has 0 bridgehead atoms. The van der Waals surface area contributed by atoms with E-state index >= 15 is 0 Å². The lowest BCUT2D eigenvalue weighted by Crippen LogP contribution is -2.31. The van der Waals surface area contributed by atoms with Crippen LogP contribution in [0.5, 0.6) is 0 Å². The summed E-state index contributed by atoms with van der Waals surface area (Å²) in [5.74, 6) is -0.344. The Morgan fingerprint density at radius 1 is 1.50 bits per heavy atom. The summed E-state index contributed by atoms with van der Waals surface area (Å²) in [5, 5.41) is 1.40. The minimum atomic E-state index is -0.643. The number of amides is 1. The molecule has 1 aliphatic rings. The number of primary amides is 1. The van der Waals surface area contributed by atoms with Crippen molar-refractivity contribution in [2.24, 2.45) is 5.73 Å². The van der Waals surface area contributed by atoms with Gasteiger partial charge in [0.1, 0.15) is 6.26 Å². The van der Waals surface area contributed by atoms with Crippen molar-refractivity contribution in [3.05, 3.63) is 30.5 Å². The predicted molar refractivity (Wildman–Crippen MR) is 46.4 cm³/mol. The van der Waals surface area contributed by atoms with Crippen molar-refractivity contribution in [1.29, 1.82) is 0 Å². The molecular weight excluding hydrogens is 186 g/mol. The van der Waals surface area contributed by atoms with Gasteiger partial charge >= 0.3 is 0 Å². The molecular formula is C7H7N5O2. The lowest BCUT2D eigenvalue weighted by atomic mass is 10.4. The molecule has 1 aromatic heterocycles. The highest BCUT2D eigenvalue weighted by Gasteiger charge is 2.18. The molecule has 1 aliphatic heterocycles. The Morgan fingerprint density at radius 2 is 2.29 bits per heavy atom. The van der Waals surface area contributed by atoms with E-state index in [2.05, 4.69) is 15.6 Å². The number of hydrogen-bond donors (Lipinski definition) is 2. The molecule has 3 N–H and O–H groups in total. The molecule has 2 heterocycles. The molecule has 7 heteroatoms. The van der Waals surface area contributed by atoms with Crippen LogP contribution in [0, 0.1) is 0 Å². The maximum Gasteiger partial charge on any atom is 0.271 e. The minimum absolute atomic E-state index is 0.0788. The highest BCUT2D eigenvalue weighted by atomic mass is 16.7. The quantitative estimate of drug-likeness (QED) is 0.645. The van der Waals surface area contributed by atoms with E-state index in [1.165, 1.54) is 23.7 Å². The maximum atomic E-state index is 11.0. The Kier molecular flexibility index (Phi) is 1.99. The van der Waals surface area contributed by atoms with Crippen LogP contribution in [-0.4, -0.2) is 15.9 Å². The zero-order chi connectivity index (χ0) is 9.97. The van der Waals surface area contributed by atoms with E-state index in [0.29, 0.717) is 5.82 Å². The van der Waals surface area contributed by atoms with Crippen LogP contribution >= 0.6 is 0 Å². The smallest absolute Gasteiger partial charge is 0.271 e.